The number of fused-ring (bicyclic) bond motifs is 1. The summed E-state index contributed by atoms with van der Waals surface area (Å²) in [6.45, 7) is 0.456. The molecule has 0 unspecified atom stereocenters. The van der Waals surface area contributed by atoms with Gasteiger partial charge in [-0.15, -0.1) is 12.6 Å². The molecule has 0 aliphatic heterocycles. The van der Waals surface area contributed by atoms with Crippen LogP contribution in [0.5, 0.6) is 17.2 Å². The van der Waals surface area contributed by atoms with Crippen molar-refractivity contribution < 1.29 is 14.2 Å². The Kier molecular flexibility index (Phi) is 4.91. The molecule has 3 aromatic rings. The van der Waals surface area contributed by atoms with Crippen LogP contribution < -0.4 is 19.9 Å². The van der Waals surface area contributed by atoms with E-state index in [1.165, 1.54) is 0 Å². The van der Waals surface area contributed by atoms with E-state index in [0.717, 1.165) is 10.0 Å². The Morgan fingerprint density at radius 1 is 1.16 bits per heavy atom. The molecule has 0 bridgehead atoms. The average Bonchev–Trinajstić information content (AvgIpc) is 2.99. The lowest BCUT2D eigenvalue weighted by molar-refractivity contribution is 0.322. The minimum atomic E-state index is 0.142. The molecule has 0 spiro atoms. The Labute approximate surface area is 157 Å². The molecule has 3 rings (SSSR count). The van der Waals surface area contributed by atoms with Crippen molar-refractivity contribution in [3.8, 4) is 17.2 Å². The van der Waals surface area contributed by atoms with Crippen LogP contribution in [0.15, 0.2) is 21.9 Å². The Bertz CT molecular complexity index is 947. The van der Waals surface area contributed by atoms with E-state index in [2.05, 4.69) is 43.5 Å². The maximum Gasteiger partial charge on any atom is 0.223 e. The van der Waals surface area contributed by atoms with Crippen LogP contribution in [-0.4, -0.2) is 40.8 Å². The zero-order valence-corrected chi connectivity index (χ0v) is 16.3. The summed E-state index contributed by atoms with van der Waals surface area (Å²) in [4.78, 5) is 12.6. The van der Waals surface area contributed by atoms with Crippen LogP contribution in [0.3, 0.4) is 0 Å². The molecule has 1 aromatic carbocycles. The summed E-state index contributed by atoms with van der Waals surface area (Å²) in [5, 5.41) is 0.435. The SMILES string of the molecule is COc1cc(Cn2cnc3c(S)nc(N)nc32)c(Br)c(OC)c1OC. The highest BCUT2D eigenvalue weighted by Gasteiger charge is 2.20. The van der Waals surface area contributed by atoms with E-state index in [4.69, 9.17) is 19.9 Å². The number of ether oxygens (including phenoxy) is 3. The first kappa shape index (κ1) is 17.6. The van der Waals surface area contributed by atoms with Gasteiger partial charge in [0.2, 0.25) is 11.7 Å². The number of nitrogens with zero attached hydrogens (tertiary/aromatic N) is 4. The molecule has 25 heavy (non-hydrogen) atoms. The van der Waals surface area contributed by atoms with Gasteiger partial charge in [-0.2, -0.15) is 4.98 Å². The molecule has 8 nitrogen and oxygen atoms in total. The summed E-state index contributed by atoms with van der Waals surface area (Å²) >= 11 is 7.86. The topological polar surface area (TPSA) is 97.3 Å². The van der Waals surface area contributed by atoms with Gasteiger partial charge in [0.1, 0.15) is 10.5 Å². The molecular weight excluding hydrogens is 410 g/mol. The van der Waals surface area contributed by atoms with Crippen LogP contribution in [0.25, 0.3) is 11.2 Å². The lowest BCUT2D eigenvalue weighted by Gasteiger charge is -2.17. The molecular formula is C15H16BrN5O3S. The molecule has 0 fully saturated rings. The van der Waals surface area contributed by atoms with E-state index in [-0.39, 0.29) is 5.95 Å². The van der Waals surface area contributed by atoms with Crippen LogP contribution in [0.1, 0.15) is 5.56 Å². The number of thiol groups is 1. The lowest BCUT2D eigenvalue weighted by Crippen LogP contribution is -2.05. The van der Waals surface area contributed by atoms with Crippen LogP contribution >= 0.6 is 28.6 Å². The summed E-state index contributed by atoms with van der Waals surface area (Å²) in [5.41, 5.74) is 7.80. The molecule has 0 saturated heterocycles. The fraction of sp³-hybridized carbons (Fsp3) is 0.267. The van der Waals surface area contributed by atoms with Gasteiger partial charge in [-0.3, -0.25) is 0 Å². The predicted octanol–water partition coefficient (Wildman–Crippen LogP) is 2.53. The summed E-state index contributed by atoms with van der Waals surface area (Å²) in [6, 6.07) is 1.86. The number of halogens is 1. The second-order valence-corrected chi connectivity index (χ2v) is 6.29. The van der Waals surface area contributed by atoms with E-state index >= 15 is 0 Å². The standard InChI is InChI=1S/C15H16BrN5O3S/c1-22-8-4-7(9(16)12(24-3)11(8)23-2)5-21-6-18-10-13(21)19-15(17)20-14(10)25/h4,6H,5H2,1-3H3,(H3,17,19,20,25). The Morgan fingerprint density at radius 2 is 1.88 bits per heavy atom. The van der Waals surface area contributed by atoms with Gasteiger partial charge < -0.3 is 24.5 Å². The second-order valence-electron chi connectivity index (χ2n) is 5.07. The van der Waals surface area contributed by atoms with Gasteiger partial charge >= 0.3 is 0 Å². The molecule has 132 valence electrons. The first-order chi connectivity index (χ1) is 12.0. The maximum atomic E-state index is 5.73. The zero-order chi connectivity index (χ0) is 18.1. The molecule has 0 aliphatic rings. The monoisotopic (exact) mass is 425 g/mol. The van der Waals surface area contributed by atoms with Gasteiger partial charge in [0.25, 0.3) is 0 Å². The summed E-state index contributed by atoms with van der Waals surface area (Å²) in [7, 11) is 4.70. The van der Waals surface area contributed by atoms with Crippen molar-refractivity contribution in [1.29, 1.82) is 0 Å². The highest BCUT2D eigenvalue weighted by Crippen LogP contribution is 2.45. The number of rotatable bonds is 5. The van der Waals surface area contributed by atoms with Crippen molar-refractivity contribution in [3.63, 3.8) is 0 Å². The van der Waals surface area contributed by atoms with Crippen molar-refractivity contribution in [3.05, 3.63) is 22.4 Å². The molecule has 10 heteroatoms. The van der Waals surface area contributed by atoms with Crippen LogP contribution in [0.4, 0.5) is 5.95 Å². The number of nitrogen functional groups attached to an aromatic ring is 1. The van der Waals surface area contributed by atoms with Crippen LogP contribution in [0.2, 0.25) is 0 Å². The minimum Gasteiger partial charge on any atom is -0.493 e. The van der Waals surface area contributed by atoms with Gasteiger partial charge in [0.15, 0.2) is 17.1 Å². The Balaban J connectivity index is 2.12. The Hall–Kier alpha value is -2.20. The maximum absolute atomic E-state index is 5.73. The number of nitrogens with two attached hydrogens (primary N) is 1. The molecule has 2 aromatic heterocycles. The fourth-order valence-corrected chi connectivity index (χ4v) is 3.37. The first-order valence-corrected chi connectivity index (χ1v) is 8.38. The van der Waals surface area contributed by atoms with Crippen LogP contribution in [0, 0.1) is 0 Å². The molecule has 2 heterocycles. The number of benzene rings is 1. The lowest BCUT2D eigenvalue weighted by atomic mass is 10.1. The van der Waals surface area contributed by atoms with Crippen molar-refractivity contribution in [2.24, 2.45) is 0 Å². The van der Waals surface area contributed by atoms with Crippen molar-refractivity contribution in [2.45, 2.75) is 11.6 Å². The van der Waals surface area contributed by atoms with Gasteiger partial charge in [-0.1, -0.05) is 0 Å². The smallest absolute Gasteiger partial charge is 0.223 e. The van der Waals surface area contributed by atoms with E-state index in [0.29, 0.717) is 40.0 Å². The van der Waals surface area contributed by atoms with Crippen LogP contribution in [-0.2, 0) is 6.54 Å². The molecule has 0 aliphatic carbocycles. The Morgan fingerprint density at radius 3 is 2.52 bits per heavy atom. The second kappa shape index (κ2) is 6.96. The van der Waals surface area contributed by atoms with Gasteiger partial charge in [0.05, 0.1) is 38.7 Å². The molecule has 0 atom stereocenters. The third-order valence-corrected chi connectivity index (χ3v) is 4.83. The van der Waals surface area contributed by atoms with E-state index < -0.39 is 0 Å². The van der Waals surface area contributed by atoms with Gasteiger partial charge in [-0.05, 0) is 27.6 Å². The van der Waals surface area contributed by atoms with E-state index in [1.807, 2.05) is 10.6 Å². The first-order valence-electron chi connectivity index (χ1n) is 7.14. The third-order valence-electron chi connectivity index (χ3n) is 3.65. The zero-order valence-electron chi connectivity index (χ0n) is 13.8. The predicted molar refractivity (Wildman–Crippen MR) is 99.9 cm³/mol. The average molecular weight is 426 g/mol. The number of anilines is 1. The number of hydrogen-bond donors (Lipinski definition) is 2. The summed E-state index contributed by atoms with van der Waals surface area (Å²) in [6.07, 6.45) is 1.66. The van der Waals surface area contributed by atoms with Crippen molar-refractivity contribution in [1.82, 2.24) is 19.5 Å². The van der Waals surface area contributed by atoms with Gasteiger partial charge in [0, 0.05) is 0 Å². The van der Waals surface area contributed by atoms with E-state index in [1.54, 1.807) is 27.7 Å². The molecule has 0 saturated carbocycles. The number of imidazole rings is 1. The van der Waals surface area contributed by atoms with Gasteiger partial charge in [-0.25, -0.2) is 9.97 Å². The quantitative estimate of drug-likeness (QED) is 0.478. The summed E-state index contributed by atoms with van der Waals surface area (Å²) in [5.74, 6) is 1.76. The molecule has 0 amide bonds. The number of hydrogen-bond acceptors (Lipinski definition) is 8. The van der Waals surface area contributed by atoms with E-state index in [9.17, 15) is 0 Å². The minimum absolute atomic E-state index is 0.142. The number of methoxy groups -OCH3 is 3. The molecule has 0 radical (unpaired) electrons. The number of aromatic nitrogens is 4. The fourth-order valence-electron chi connectivity index (χ4n) is 2.53. The normalized spacial score (nSPS) is 10.9. The third kappa shape index (κ3) is 3.07. The van der Waals surface area contributed by atoms with Crippen molar-refractivity contribution >= 4 is 45.7 Å². The highest BCUT2D eigenvalue weighted by molar-refractivity contribution is 9.10. The van der Waals surface area contributed by atoms with Crippen molar-refractivity contribution in [2.75, 3.05) is 27.1 Å². The largest absolute Gasteiger partial charge is 0.493 e. The summed E-state index contributed by atoms with van der Waals surface area (Å²) < 4.78 is 18.9. The highest BCUT2D eigenvalue weighted by atomic mass is 79.9. The molecule has 2 N–H and O–H groups in total.